The molecule has 2 rings (SSSR count). The van der Waals surface area contributed by atoms with Crippen molar-refractivity contribution in [2.75, 3.05) is 13.2 Å². The van der Waals surface area contributed by atoms with Crippen molar-refractivity contribution in [2.45, 2.75) is 64.1 Å². The van der Waals surface area contributed by atoms with Crippen molar-refractivity contribution in [2.24, 2.45) is 0 Å². The van der Waals surface area contributed by atoms with Crippen molar-refractivity contribution in [3.63, 3.8) is 0 Å². The van der Waals surface area contributed by atoms with Gasteiger partial charge in [-0.3, -0.25) is 4.90 Å². The Balaban J connectivity index is 1.77. The van der Waals surface area contributed by atoms with E-state index >= 15 is 0 Å². The highest BCUT2D eigenvalue weighted by atomic mass is 16.5. The van der Waals surface area contributed by atoms with E-state index in [0.29, 0.717) is 6.10 Å². The Labute approximate surface area is 87.6 Å². The van der Waals surface area contributed by atoms with Gasteiger partial charge in [0.05, 0.1) is 12.7 Å². The van der Waals surface area contributed by atoms with Crippen molar-refractivity contribution in [3.05, 3.63) is 0 Å². The fourth-order valence-corrected chi connectivity index (χ4v) is 2.54. The molecule has 2 heteroatoms. The maximum absolute atomic E-state index is 5.73. The number of likely N-dealkylation sites (tertiary alicyclic amines) is 1. The van der Waals surface area contributed by atoms with Gasteiger partial charge in [-0.2, -0.15) is 0 Å². The van der Waals surface area contributed by atoms with E-state index < -0.39 is 0 Å². The second-order valence-corrected chi connectivity index (χ2v) is 5.00. The smallest absolute Gasteiger partial charge is 0.0625 e. The van der Waals surface area contributed by atoms with Crippen LogP contribution in [0.2, 0.25) is 0 Å². The quantitative estimate of drug-likeness (QED) is 0.686. The molecule has 0 spiro atoms. The lowest BCUT2D eigenvalue weighted by Crippen LogP contribution is -2.45. The topological polar surface area (TPSA) is 12.5 Å². The minimum atomic E-state index is 0.388. The van der Waals surface area contributed by atoms with Crippen LogP contribution >= 0.6 is 0 Å². The minimum absolute atomic E-state index is 0.388. The van der Waals surface area contributed by atoms with E-state index in [9.17, 15) is 0 Å². The SMILES string of the molecule is CC(C)OCC1CCCN1C1CCC1. The molecule has 0 aromatic rings. The molecule has 2 nitrogen and oxygen atoms in total. The van der Waals surface area contributed by atoms with Gasteiger partial charge in [0.15, 0.2) is 0 Å². The summed E-state index contributed by atoms with van der Waals surface area (Å²) >= 11 is 0. The second kappa shape index (κ2) is 4.63. The van der Waals surface area contributed by atoms with Crippen LogP contribution in [0.4, 0.5) is 0 Å². The number of ether oxygens (including phenoxy) is 1. The highest BCUT2D eigenvalue weighted by Crippen LogP contribution is 2.31. The molecule has 1 saturated carbocycles. The molecule has 1 saturated heterocycles. The average molecular weight is 197 g/mol. The molecule has 0 aromatic carbocycles. The van der Waals surface area contributed by atoms with E-state index in [0.717, 1.165) is 18.7 Å². The normalized spacial score (nSPS) is 29.8. The third-order valence-corrected chi connectivity index (χ3v) is 3.59. The Kier molecular flexibility index (Phi) is 3.45. The fourth-order valence-electron chi connectivity index (χ4n) is 2.54. The van der Waals surface area contributed by atoms with Gasteiger partial charge in [-0.25, -0.2) is 0 Å². The first-order valence-electron chi connectivity index (χ1n) is 6.14. The van der Waals surface area contributed by atoms with E-state index in [-0.39, 0.29) is 0 Å². The van der Waals surface area contributed by atoms with Gasteiger partial charge in [-0.15, -0.1) is 0 Å². The molecule has 0 bridgehead atoms. The van der Waals surface area contributed by atoms with Crippen LogP contribution in [0.15, 0.2) is 0 Å². The zero-order valence-electron chi connectivity index (χ0n) is 9.54. The summed E-state index contributed by atoms with van der Waals surface area (Å²) < 4.78 is 5.73. The summed E-state index contributed by atoms with van der Waals surface area (Å²) in [5.74, 6) is 0. The molecular formula is C12H23NO. The molecule has 0 amide bonds. The first-order chi connectivity index (χ1) is 6.77. The van der Waals surface area contributed by atoms with E-state index in [4.69, 9.17) is 4.74 Å². The number of hydrogen-bond donors (Lipinski definition) is 0. The molecule has 1 heterocycles. The molecule has 1 unspecified atom stereocenters. The van der Waals surface area contributed by atoms with Gasteiger partial charge in [0.25, 0.3) is 0 Å². The highest BCUT2D eigenvalue weighted by Gasteiger charge is 2.33. The fraction of sp³-hybridized carbons (Fsp3) is 1.00. The Bertz CT molecular complexity index is 177. The maximum Gasteiger partial charge on any atom is 0.0625 e. The number of hydrogen-bond acceptors (Lipinski definition) is 2. The van der Waals surface area contributed by atoms with Crippen LogP contribution in [-0.2, 0) is 4.74 Å². The molecule has 0 radical (unpaired) electrons. The predicted octanol–water partition coefficient (Wildman–Crippen LogP) is 2.43. The van der Waals surface area contributed by atoms with Gasteiger partial charge in [-0.1, -0.05) is 6.42 Å². The third-order valence-electron chi connectivity index (χ3n) is 3.59. The Morgan fingerprint density at radius 2 is 2.00 bits per heavy atom. The van der Waals surface area contributed by atoms with E-state index in [1.54, 1.807) is 0 Å². The summed E-state index contributed by atoms with van der Waals surface area (Å²) in [6.45, 7) is 6.52. The predicted molar refractivity (Wildman–Crippen MR) is 58.5 cm³/mol. The monoisotopic (exact) mass is 197 g/mol. The summed E-state index contributed by atoms with van der Waals surface area (Å²) in [5, 5.41) is 0. The molecule has 1 aliphatic carbocycles. The first-order valence-corrected chi connectivity index (χ1v) is 6.14. The van der Waals surface area contributed by atoms with Crippen molar-refractivity contribution in [1.82, 2.24) is 4.90 Å². The molecule has 14 heavy (non-hydrogen) atoms. The molecule has 2 aliphatic rings. The highest BCUT2D eigenvalue weighted by molar-refractivity contribution is 4.88. The van der Waals surface area contributed by atoms with Crippen LogP contribution in [-0.4, -0.2) is 36.2 Å². The summed E-state index contributed by atoms with van der Waals surface area (Å²) in [5.41, 5.74) is 0. The minimum Gasteiger partial charge on any atom is -0.377 e. The standard InChI is InChI=1S/C12H23NO/c1-10(2)14-9-12-7-4-8-13(12)11-5-3-6-11/h10-12H,3-9H2,1-2H3. The van der Waals surface area contributed by atoms with Gasteiger partial charge in [-0.05, 0) is 46.1 Å². The van der Waals surface area contributed by atoms with Crippen molar-refractivity contribution in [3.8, 4) is 0 Å². The van der Waals surface area contributed by atoms with Crippen molar-refractivity contribution < 1.29 is 4.74 Å². The summed E-state index contributed by atoms with van der Waals surface area (Å²) in [6, 6.07) is 1.63. The largest absolute Gasteiger partial charge is 0.377 e. The van der Waals surface area contributed by atoms with Crippen molar-refractivity contribution >= 4 is 0 Å². The zero-order valence-corrected chi connectivity index (χ0v) is 9.54. The van der Waals surface area contributed by atoms with Crippen LogP contribution in [0.5, 0.6) is 0 Å². The summed E-state index contributed by atoms with van der Waals surface area (Å²) in [7, 11) is 0. The van der Waals surface area contributed by atoms with Crippen LogP contribution < -0.4 is 0 Å². The second-order valence-electron chi connectivity index (χ2n) is 5.00. The maximum atomic E-state index is 5.73. The molecule has 1 atom stereocenters. The van der Waals surface area contributed by atoms with Crippen LogP contribution in [0.3, 0.4) is 0 Å². The lowest BCUT2D eigenvalue weighted by molar-refractivity contribution is 0.0133. The molecule has 0 N–H and O–H groups in total. The first kappa shape index (κ1) is 10.4. The Morgan fingerprint density at radius 3 is 2.57 bits per heavy atom. The van der Waals surface area contributed by atoms with Gasteiger partial charge in [0.1, 0.15) is 0 Å². The Hall–Kier alpha value is -0.0800. The summed E-state index contributed by atoms with van der Waals surface area (Å²) in [6.07, 6.45) is 7.42. The number of nitrogens with zero attached hydrogens (tertiary/aromatic N) is 1. The van der Waals surface area contributed by atoms with Crippen molar-refractivity contribution in [1.29, 1.82) is 0 Å². The summed E-state index contributed by atoms with van der Waals surface area (Å²) in [4.78, 5) is 2.70. The lowest BCUT2D eigenvalue weighted by atomic mass is 9.91. The Morgan fingerprint density at radius 1 is 1.21 bits per heavy atom. The molecule has 82 valence electrons. The number of rotatable bonds is 4. The molecular weight excluding hydrogens is 174 g/mol. The van der Waals surface area contributed by atoms with E-state index in [1.807, 2.05) is 0 Å². The molecule has 1 aliphatic heterocycles. The van der Waals surface area contributed by atoms with Crippen LogP contribution in [0.25, 0.3) is 0 Å². The zero-order chi connectivity index (χ0) is 9.97. The van der Waals surface area contributed by atoms with Crippen LogP contribution in [0.1, 0.15) is 46.0 Å². The van der Waals surface area contributed by atoms with E-state index in [1.165, 1.54) is 38.6 Å². The third kappa shape index (κ3) is 2.29. The van der Waals surface area contributed by atoms with Gasteiger partial charge in [0, 0.05) is 12.1 Å². The van der Waals surface area contributed by atoms with E-state index in [2.05, 4.69) is 18.7 Å². The van der Waals surface area contributed by atoms with Crippen LogP contribution in [0, 0.1) is 0 Å². The average Bonchev–Trinajstić information content (AvgIpc) is 2.46. The molecule has 0 aromatic heterocycles. The van der Waals surface area contributed by atoms with Gasteiger partial charge >= 0.3 is 0 Å². The molecule has 2 fully saturated rings. The van der Waals surface area contributed by atoms with Gasteiger partial charge in [0.2, 0.25) is 0 Å². The lowest BCUT2D eigenvalue weighted by Gasteiger charge is -2.38. The van der Waals surface area contributed by atoms with Gasteiger partial charge < -0.3 is 4.74 Å².